The minimum atomic E-state index is -0.439. The SMILES string of the molecule is CC[C@H](C)C1C(=O)Nc2ccccc2CN1c1ncc(N)c(O)n1. The molecule has 0 saturated carbocycles. The highest BCUT2D eigenvalue weighted by Crippen LogP contribution is 2.30. The second kappa shape index (κ2) is 6.35. The average molecular weight is 327 g/mol. The molecule has 0 aliphatic carbocycles. The molecule has 7 heteroatoms. The predicted octanol–water partition coefficient (Wildman–Crippen LogP) is 2.14. The Morgan fingerprint density at radius 3 is 2.92 bits per heavy atom. The van der Waals surface area contributed by atoms with Crippen molar-refractivity contribution in [2.45, 2.75) is 32.9 Å². The molecule has 1 amide bonds. The fourth-order valence-electron chi connectivity index (χ4n) is 2.91. The van der Waals surface area contributed by atoms with E-state index in [1.165, 1.54) is 6.20 Å². The summed E-state index contributed by atoms with van der Waals surface area (Å²) in [5, 5.41) is 12.8. The van der Waals surface area contributed by atoms with E-state index in [0.717, 1.165) is 17.7 Å². The first-order chi connectivity index (χ1) is 11.5. The van der Waals surface area contributed by atoms with Crippen LogP contribution < -0.4 is 16.0 Å². The first-order valence-corrected chi connectivity index (χ1v) is 7.98. The molecular weight excluding hydrogens is 306 g/mol. The van der Waals surface area contributed by atoms with E-state index in [4.69, 9.17) is 5.73 Å². The molecule has 1 aromatic heterocycles. The van der Waals surface area contributed by atoms with Crippen molar-refractivity contribution in [3.8, 4) is 5.88 Å². The van der Waals surface area contributed by atoms with E-state index in [-0.39, 0.29) is 23.4 Å². The minimum Gasteiger partial charge on any atom is -0.492 e. The van der Waals surface area contributed by atoms with Crippen molar-refractivity contribution < 1.29 is 9.90 Å². The summed E-state index contributed by atoms with van der Waals surface area (Å²) in [4.78, 5) is 23.0. The lowest BCUT2D eigenvalue weighted by atomic mass is 9.97. The Morgan fingerprint density at radius 2 is 2.21 bits per heavy atom. The molecule has 0 spiro atoms. The number of rotatable bonds is 3. The van der Waals surface area contributed by atoms with Gasteiger partial charge < -0.3 is 21.1 Å². The Hall–Kier alpha value is -2.83. The molecule has 4 N–H and O–H groups in total. The van der Waals surface area contributed by atoms with Crippen molar-refractivity contribution >= 4 is 23.2 Å². The second-order valence-corrected chi connectivity index (χ2v) is 6.05. The van der Waals surface area contributed by atoms with Crippen molar-refractivity contribution in [2.75, 3.05) is 16.0 Å². The Bertz CT molecular complexity index is 764. The van der Waals surface area contributed by atoms with Crippen LogP contribution in [-0.4, -0.2) is 27.0 Å². The molecule has 2 heterocycles. The zero-order valence-corrected chi connectivity index (χ0v) is 13.7. The Kier molecular flexibility index (Phi) is 4.24. The molecule has 0 radical (unpaired) electrons. The van der Waals surface area contributed by atoms with Gasteiger partial charge in [-0.05, 0) is 17.5 Å². The maximum atomic E-state index is 12.8. The third-order valence-corrected chi connectivity index (χ3v) is 4.44. The summed E-state index contributed by atoms with van der Waals surface area (Å²) in [5.74, 6) is -0.00322. The molecule has 1 aliphatic heterocycles. The third kappa shape index (κ3) is 2.84. The number of nitrogens with zero attached hydrogens (tertiary/aromatic N) is 3. The van der Waals surface area contributed by atoms with Crippen LogP contribution in [0, 0.1) is 5.92 Å². The molecular formula is C17H21N5O2. The van der Waals surface area contributed by atoms with Crippen LogP contribution in [0.25, 0.3) is 0 Å². The van der Waals surface area contributed by atoms with Crippen LogP contribution in [0.15, 0.2) is 30.5 Å². The number of fused-ring (bicyclic) bond motifs is 1. The molecule has 1 aliphatic rings. The van der Waals surface area contributed by atoms with Crippen LogP contribution in [0.3, 0.4) is 0 Å². The number of hydrogen-bond acceptors (Lipinski definition) is 6. The fourth-order valence-corrected chi connectivity index (χ4v) is 2.91. The van der Waals surface area contributed by atoms with Crippen molar-refractivity contribution in [1.29, 1.82) is 0 Å². The molecule has 1 aromatic carbocycles. The van der Waals surface area contributed by atoms with Gasteiger partial charge in [0.25, 0.3) is 0 Å². The summed E-state index contributed by atoms with van der Waals surface area (Å²) in [5.41, 5.74) is 7.47. The number of aromatic nitrogens is 2. The number of benzene rings is 1. The van der Waals surface area contributed by atoms with E-state index in [9.17, 15) is 9.90 Å². The molecule has 3 rings (SSSR count). The zero-order chi connectivity index (χ0) is 17.3. The average Bonchev–Trinajstić information content (AvgIpc) is 2.72. The van der Waals surface area contributed by atoms with Gasteiger partial charge in [0.2, 0.25) is 17.7 Å². The van der Waals surface area contributed by atoms with Gasteiger partial charge in [-0.25, -0.2) is 4.98 Å². The second-order valence-electron chi connectivity index (χ2n) is 6.05. The fraction of sp³-hybridized carbons (Fsp3) is 0.353. The first kappa shape index (κ1) is 16.0. The van der Waals surface area contributed by atoms with Crippen LogP contribution >= 0.6 is 0 Å². The molecule has 24 heavy (non-hydrogen) atoms. The van der Waals surface area contributed by atoms with Crippen molar-refractivity contribution in [1.82, 2.24) is 9.97 Å². The summed E-state index contributed by atoms with van der Waals surface area (Å²) in [6.07, 6.45) is 2.19. The zero-order valence-electron chi connectivity index (χ0n) is 13.7. The van der Waals surface area contributed by atoms with Crippen molar-refractivity contribution in [3.63, 3.8) is 0 Å². The largest absolute Gasteiger partial charge is 0.492 e. The number of hydrogen-bond donors (Lipinski definition) is 3. The number of nitrogens with two attached hydrogens (primary N) is 1. The number of para-hydroxylation sites is 1. The van der Waals surface area contributed by atoms with Gasteiger partial charge in [0, 0.05) is 12.2 Å². The maximum Gasteiger partial charge on any atom is 0.247 e. The van der Waals surface area contributed by atoms with Gasteiger partial charge in [0.15, 0.2) is 0 Å². The molecule has 0 saturated heterocycles. The Balaban J connectivity index is 2.09. The summed E-state index contributed by atoms with van der Waals surface area (Å²) in [7, 11) is 0. The predicted molar refractivity (Wildman–Crippen MR) is 92.6 cm³/mol. The molecule has 0 bridgehead atoms. The molecule has 1 unspecified atom stereocenters. The Morgan fingerprint density at radius 1 is 1.46 bits per heavy atom. The van der Waals surface area contributed by atoms with Gasteiger partial charge in [0.1, 0.15) is 11.7 Å². The van der Waals surface area contributed by atoms with E-state index < -0.39 is 6.04 Å². The first-order valence-electron chi connectivity index (χ1n) is 7.98. The number of nitrogen functional groups attached to an aromatic ring is 1. The van der Waals surface area contributed by atoms with Crippen LogP contribution in [0.2, 0.25) is 0 Å². The van der Waals surface area contributed by atoms with Gasteiger partial charge >= 0.3 is 0 Å². The normalized spacial score (nSPS) is 18.5. The maximum absolute atomic E-state index is 12.8. The highest BCUT2D eigenvalue weighted by Gasteiger charge is 2.35. The lowest BCUT2D eigenvalue weighted by Crippen LogP contribution is -2.47. The highest BCUT2D eigenvalue weighted by atomic mass is 16.3. The number of anilines is 3. The van der Waals surface area contributed by atoms with Crippen molar-refractivity contribution in [2.24, 2.45) is 5.92 Å². The minimum absolute atomic E-state index is 0.0857. The van der Waals surface area contributed by atoms with E-state index in [2.05, 4.69) is 15.3 Å². The third-order valence-electron chi connectivity index (χ3n) is 4.44. The lowest BCUT2D eigenvalue weighted by Gasteiger charge is -2.32. The van der Waals surface area contributed by atoms with E-state index >= 15 is 0 Å². The smallest absolute Gasteiger partial charge is 0.247 e. The number of amides is 1. The molecule has 2 atom stereocenters. The number of aromatic hydroxyl groups is 1. The summed E-state index contributed by atoms with van der Waals surface area (Å²) in [6.45, 7) is 4.52. The van der Waals surface area contributed by atoms with Crippen LogP contribution in [0.1, 0.15) is 25.8 Å². The number of nitrogens with one attached hydrogen (secondary N) is 1. The highest BCUT2D eigenvalue weighted by molar-refractivity contribution is 5.98. The molecule has 2 aromatic rings. The Labute approximate surface area is 140 Å². The summed E-state index contributed by atoms with van der Waals surface area (Å²) < 4.78 is 0. The molecule has 0 fully saturated rings. The number of carbonyl (C=O) groups excluding carboxylic acids is 1. The van der Waals surface area contributed by atoms with Crippen LogP contribution in [0.4, 0.5) is 17.3 Å². The van der Waals surface area contributed by atoms with Gasteiger partial charge in [-0.15, -0.1) is 0 Å². The van der Waals surface area contributed by atoms with Gasteiger partial charge in [0.05, 0.1) is 6.20 Å². The van der Waals surface area contributed by atoms with E-state index in [1.807, 2.05) is 43.0 Å². The van der Waals surface area contributed by atoms with Gasteiger partial charge in [-0.3, -0.25) is 4.79 Å². The monoisotopic (exact) mass is 327 g/mol. The van der Waals surface area contributed by atoms with Crippen LogP contribution in [0.5, 0.6) is 5.88 Å². The number of carbonyl (C=O) groups is 1. The van der Waals surface area contributed by atoms with Gasteiger partial charge in [-0.2, -0.15) is 4.98 Å². The van der Waals surface area contributed by atoms with E-state index in [0.29, 0.717) is 12.5 Å². The summed E-state index contributed by atoms with van der Waals surface area (Å²) in [6, 6.07) is 7.21. The summed E-state index contributed by atoms with van der Waals surface area (Å²) >= 11 is 0. The molecule has 126 valence electrons. The lowest BCUT2D eigenvalue weighted by molar-refractivity contribution is -0.118. The quantitative estimate of drug-likeness (QED) is 0.798. The van der Waals surface area contributed by atoms with Crippen molar-refractivity contribution in [3.05, 3.63) is 36.0 Å². The van der Waals surface area contributed by atoms with Gasteiger partial charge in [-0.1, -0.05) is 38.5 Å². The topological polar surface area (TPSA) is 104 Å². The molecule has 7 nitrogen and oxygen atoms in total. The standard InChI is InChI=1S/C17H21N5O2/c1-3-10(2)14-16(24)20-13-7-5-4-6-11(13)9-22(14)17-19-8-12(18)15(23)21-17/h4-8,10,14H,3,9,18H2,1-2H3,(H,20,24)(H,19,21,23)/t10-,14?/m0/s1. The van der Waals surface area contributed by atoms with E-state index in [1.54, 1.807) is 0 Å². The van der Waals surface area contributed by atoms with Crippen LogP contribution in [-0.2, 0) is 11.3 Å².